The molecule has 0 bridgehead atoms. The van der Waals surface area contributed by atoms with Crippen molar-refractivity contribution in [3.8, 4) is 22.6 Å². The molecule has 2 N–H and O–H groups in total. The van der Waals surface area contributed by atoms with Crippen molar-refractivity contribution in [1.82, 2.24) is 0 Å². The van der Waals surface area contributed by atoms with Crippen LogP contribution in [0.3, 0.4) is 0 Å². The van der Waals surface area contributed by atoms with Crippen LogP contribution < -0.4 is 9.47 Å². The minimum absolute atomic E-state index is 0.130. The lowest BCUT2D eigenvalue weighted by Crippen LogP contribution is -2.32. The fraction of sp³-hybridized carbons (Fsp3) is 0.189. The van der Waals surface area contributed by atoms with Crippen LogP contribution >= 0.6 is 0 Å². The van der Waals surface area contributed by atoms with E-state index in [1.807, 2.05) is 72.8 Å². The molecule has 0 aromatic heterocycles. The summed E-state index contributed by atoms with van der Waals surface area (Å²) in [6.45, 7) is 6.00. The molecule has 45 heavy (non-hydrogen) atoms. The molecule has 0 aliphatic heterocycles. The van der Waals surface area contributed by atoms with Crippen molar-refractivity contribution < 1.29 is 38.7 Å². The summed E-state index contributed by atoms with van der Waals surface area (Å²) >= 11 is 0. The molecule has 8 nitrogen and oxygen atoms in total. The highest BCUT2D eigenvalue weighted by atomic mass is 16.6. The molecule has 2 atom stereocenters. The summed E-state index contributed by atoms with van der Waals surface area (Å²) < 4.78 is 22.5. The topological polar surface area (TPSA) is 112 Å². The summed E-state index contributed by atoms with van der Waals surface area (Å²) in [7, 11) is 0. The molecule has 230 valence electrons. The summed E-state index contributed by atoms with van der Waals surface area (Å²) in [5.41, 5.74) is 4.76. The van der Waals surface area contributed by atoms with Crippen LogP contribution in [0.1, 0.15) is 22.3 Å². The number of fused-ring (bicyclic) bond motifs is 3. The lowest BCUT2D eigenvalue weighted by atomic mass is 9.67. The monoisotopic (exact) mass is 606 g/mol. The number of aliphatic hydroxyl groups excluding tert-OH is 2. The second-order valence-electron chi connectivity index (χ2n) is 10.4. The van der Waals surface area contributed by atoms with Crippen LogP contribution in [0.4, 0.5) is 0 Å². The van der Waals surface area contributed by atoms with Gasteiger partial charge in [0.15, 0.2) is 0 Å². The van der Waals surface area contributed by atoms with Gasteiger partial charge in [-0.1, -0.05) is 98.1 Å². The number of para-hydroxylation sites is 2. The molecule has 0 saturated carbocycles. The smallest absolute Gasteiger partial charge is 0.330 e. The van der Waals surface area contributed by atoms with Gasteiger partial charge in [-0.3, -0.25) is 0 Å². The van der Waals surface area contributed by atoms with Crippen molar-refractivity contribution in [2.75, 3.05) is 26.4 Å². The molecule has 4 aromatic rings. The predicted octanol–water partition coefficient (Wildman–Crippen LogP) is 4.99. The van der Waals surface area contributed by atoms with Crippen LogP contribution in [0.2, 0.25) is 0 Å². The molecule has 0 radical (unpaired) electrons. The first-order chi connectivity index (χ1) is 21.9. The number of rotatable bonds is 14. The van der Waals surface area contributed by atoms with Gasteiger partial charge in [0, 0.05) is 23.3 Å². The molecule has 5 rings (SSSR count). The van der Waals surface area contributed by atoms with E-state index in [4.69, 9.17) is 18.9 Å². The van der Waals surface area contributed by atoms with Gasteiger partial charge in [0.1, 0.15) is 50.1 Å². The first-order valence-electron chi connectivity index (χ1n) is 14.5. The highest BCUT2D eigenvalue weighted by molar-refractivity contribution is 5.87. The maximum Gasteiger partial charge on any atom is 0.330 e. The number of ether oxygens (including phenoxy) is 4. The molecule has 0 spiro atoms. The summed E-state index contributed by atoms with van der Waals surface area (Å²) in [4.78, 5) is 23.0. The fourth-order valence-electron chi connectivity index (χ4n) is 5.71. The zero-order valence-corrected chi connectivity index (χ0v) is 24.6. The second-order valence-corrected chi connectivity index (χ2v) is 10.4. The normalized spacial score (nSPS) is 13.8. The van der Waals surface area contributed by atoms with Gasteiger partial charge >= 0.3 is 11.9 Å². The minimum Gasteiger partial charge on any atom is -0.490 e. The van der Waals surface area contributed by atoms with Gasteiger partial charge in [-0.15, -0.1) is 0 Å². The van der Waals surface area contributed by atoms with E-state index in [0.29, 0.717) is 11.5 Å². The van der Waals surface area contributed by atoms with Crippen LogP contribution in [-0.4, -0.2) is 60.8 Å². The number of hydrogen-bond acceptors (Lipinski definition) is 8. The van der Waals surface area contributed by atoms with Crippen LogP contribution in [0.15, 0.2) is 122 Å². The molecule has 4 aromatic carbocycles. The largest absolute Gasteiger partial charge is 0.490 e. The average Bonchev–Trinajstić information content (AvgIpc) is 3.38. The van der Waals surface area contributed by atoms with Crippen molar-refractivity contribution in [3.05, 3.63) is 145 Å². The van der Waals surface area contributed by atoms with Crippen molar-refractivity contribution in [2.24, 2.45) is 0 Å². The van der Waals surface area contributed by atoms with Crippen molar-refractivity contribution in [2.45, 2.75) is 17.6 Å². The lowest BCUT2D eigenvalue weighted by Gasteiger charge is -2.36. The number of esters is 2. The molecule has 2 unspecified atom stereocenters. The Hall–Kier alpha value is -5.18. The summed E-state index contributed by atoms with van der Waals surface area (Å²) in [5, 5.41) is 21.1. The molecule has 1 aliphatic carbocycles. The standard InChI is InChI=1S/C37H34O8/c1-3-35(40)44-23-25(38)21-42-33-19-11-9-17-31(33)37(29-15-7-5-13-27(29)28-14-6-8-16-30(28)37)32-18-10-12-20-34(32)43-22-26(39)24-45-36(41)4-2/h3-20,25-26,38-39H,1-2,21-24H2. The Morgan fingerprint density at radius 2 is 0.933 bits per heavy atom. The summed E-state index contributed by atoms with van der Waals surface area (Å²) in [6.07, 6.45) is -0.0798. The van der Waals surface area contributed by atoms with E-state index < -0.39 is 29.6 Å². The van der Waals surface area contributed by atoms with Crippen LogP contribution in [-0.2, 0) is 24.5 Å². The van der Waals surface area contributed by atoms with E-state index >= 15 is 0 Å². The Labute approximate surface area is 261 Å². The molecular weight excluding hydrogens is 572 g/mol. The Morgan fingerprint density at radius 1 is 0.578 bits per heavy atom. The zero-order chi connectivity index (χ0) is 31.8. The van der Waals surface area contributed by atoms with E-state index in [2.05, 4.69) is 37.4 Å². The maximum atomic E-state index is 11.5. The van der Waals surface area contributed by atoms with E-state index in [9.17, 15) is 19.8 Å². The molecule has 0 amide bonds. The fourth-order valence-corrected chi connectivity index (χ4v) is 5.71. The van der Waals surface area contributed by atoms with Crippen LogP contribution in [0, 0.1) is 0 Å². The third kappa shape index (κ3) is 6.38. The van der Waals surface area contributed by atoms with E-state index in [-0.39, 0.29) is 26.4 Å². The van der Waals surface area contributed by atoms with Gasteiger partial charge < -0.3 is 29.2 Å². The van der Waals surface area contributed by atoms with Gasteiger partial charge in [-0.05, 0) is 34.4 Å². The van der Waals surface area contributed by atoms with Crippen LogP contribution in [0.25, 0.3) is 11.1 Å². The minimum atomic E-state index is -1.08. The van der Waals surface area contributed by atoms with E-state index in [0.717, 1.165) is 45.5 Å². The van der Waals surface area contributed by atoms with Crippen molar-refractivity contribution in [3.63, 3.8) is 0 Å². The Balaban J connectivity index is 1.61. The number of carbonyl (C=O) groups is 2. The Bertz CT molecular complexity index is 1570. The molecule has 0 heterocycles. The Morgan fingerprint density at radius 3 is 1.33 bits per heavy atom. The third-order valence-corrected chi connectivity index (χ3v) is 7.57. The third-order valence-electron chi connectivity index (χ3n) is 7.57. The van der Waals surface area contributed by atoms with Crippen molar-refractivity contribution >= 4 is 11.9 Å². The molecule has 8 heteroatoms. The molecule has 0 saturated heterocycles. The Kier molecular flexibility index (Phi) is 9.77. The first kappa shape index (κ1) is 31.3. The highest BCUT2D eigenvalue weighted by Crippen LogP contribution is 2.59. The van der Waals surface area contributed by atoms with Gasteiger partial charge in [0.25, 0.3) is 0 Å². The van der Waals surface area contributed by atoms with E-state index in [1.165, 1.54) is 0 Å². The van der Waals surface area contributed by atoms with Gasteiger partial charge in [-0.25, -0.2) is 9.59 Å². The van der Waals surface area contributed by atoms with Gasteiger partial charge in [0.2, 0.25) is 0 Å². The lowest BCUT2D eigenvalue weighted by molar-refractivity contribution is -0.142. The quantitative estimate of drug-likeness (QED) is 0.134. The second kappa shape index (κ2) is 14.1. The van der Waals surface area contributed by atoms with E-state index in [1.54, 1.807) is 0 Å². The zero-order valence-electron chi connectivity index (χ0n) is 24.6. The van der Waals surface area contributed by atoms with Crippen LogP contribution in [0.5, 0.6) is 11.5 Å². The highest BCUT2D eigenvalue weighted by Gasteiger charge is 2.49. The first-order valence-corrected chi connectivity index (χ1v) is 14.5. The molecule has 0 fully saturated rings. The SMILES string of the molecule is C=CC(=O)OCC(O)COc1ccccc1C1(c2ccccc2OCC(O)COC(=O)C=C)c2ccccc2-c2ccccc21. The van der Waals surface area contributed by atoms with Gasteiger partial charge in [-0.2, -0.15) is 0 Å². The number of aliphatic hydroxyl groups is 2. The molecular formula is C37H34O8. The van der Waals surface area contributed by atoms with Gasteiger partial charge in [0.05, 0.1) is 5.41 Å². The summed E-state index contributed by atoms with van der Waals surface area (Å²) in [6, 6.07) is 31.5. The maximum absolute atomic E-state index is 11.5. The van der Waals surface area contributed by atoms with Crippen molar-refractivity contribution in [1.29, 1.82) is 0 Å². The average molecular weight is 607 g/mol. The number of hydrogen-bond donors (Lipinski definition) is 2. The number of benzene rings is 4. The molecule has 1 aliphatic rings. The predicted molar refractivity (Wildman–Crippen MR) is 169 cm³/mol. The summed E-state index contributed by atoms with van der Waals surface area (Å²) in [5.74, 6) is -0.227. The number of carbonyl (C=O) groups excluding carboxylic acids is 2.